The number of hydrogen-bond acceptors (Lipinski definition) is 8. The van der Waals surface area contributed by atoms with Gasteiger partial charge < -0.3 is 10.1 Å². The number of nitrogens with zero attached hydrogens (tertiary/aromatic N) is 1. The lowest BCUT2D eigenvalue weighted by molar-refractivity contribution is -0.119. The Labute approximate surface area is 206 Å². The second-order valence-corrected chi connectivity index (χ2v) is 10.1. The molecule has 1 aromatic heterocycles. The lowest BCUT2D eigenvalue weighted by Crippen LogP contribution is -2.27. The van der Waals surface area contributed by atoms with Crippen molar-refractivity contribution in [1.82, 2.24) is 5.06 Å². The van der Waals surface area contributed by atoms with E-state index in [9.17, 15) is 22.8 Å². The van der Waals surface area contributed by atoms with Gasteiger partial charge in [-0.25, -0.2) is 18.3 Å². The van der Waals surface area contributed by atoms with Crippen LogP contribution in [0.15, 0.2) is 60.7 Å². The Kier molecular flexibility index (Phi) is 8.22. The molecule has 1 heterocycles. The van der Waals surface area contributed by atoms with Crippen molar-refractivity contribution in [2.45, 2.75) is 0 Å². The third kappa shape index (κ3) is 7.12. The van der Waals surface area contributed by atoms with Gasteiger partial charge in [0.1, 0.15) is 5.00 Å². The Morgan fingerprint density at radius 3 is 2.40 bits per heavy atom. The normalized spacial score (nSPS) is 10.9. The summed E-state index contributed by atoms with van der Waals surface area (Å²) in [5.41, 5.74) is 1.33. The molecule has 3 rings (SSSR count). The number of ether oxygens (including phenoxy) is 1. The first-order chi connectivity index (χ1) is 16.6. The van der Waals surface area contributed by atoms with Gasteiger partial charge in [0.05, 0.1) is 24.5 Å². The molecule has 0 saturated heterocycles. The van der Waals surface area contributed by atoms with Gasteiger partial charge in [0.25, 0.3) is 11.8 Å². The minimum Gasteiger partial charge on any atom is -0.452 e. The Morgan fingerprint density at radius 2 is 1.74 bits per heavy atom. The lowest BCUT2D eigenvalue weighted by atomic mass is 10.1. The van der Waals surface area contributed by atoms with Gasteiger partial charge in [0, 0.05) is 17.6 Å². The number of benzene rings is 2. The van der Waals surface area contributed by atoms with Crippen molar-refractivity contribution in [3.63, 3.8) is 0 Å². The summed E-state index contributed by atoms with van der Waals surface area (Å²) in [6.45, 7) is -0.616. The lowest BCUT2D eigenvalue weighted by Gasteiger charge is -2.14. The van der Waals surface area contributed by atoms with E-state index in [1.165, 1.54) is 49.8 Å². The molecule has 0 spiro atoms. The standard InChI is InChI=1S/C23H23N3O7S2/c1-26(32-2)22(28)18-13-19(15-8-5-4-6-9-15)34-21(18)24-20(27)14-33-23(29)16-10-7-11-17(12-16)25-35(3,30)31/h4-13,25H,14H2,1-3H3,(H,24,27). The van der Waals surface area contributed by atoms with Crippen molar-refractivity contribution in [3.8, 4) is 10.4 Å². The highest BCUT2D eigenvalue weighted by Crippen LogP contribution is 2.36. The van der Waals surface area contributed by atoms with E-state index < -0.39 is 34.4 Å². The highest BCUT2D eigenvalue weighted by Gasteiger charge is 2.22. The molecule has 2 aromatic carbocycles. The van der Waals surface area contributed by atoms with E-state index in [0.29, 0.717) is 0 Å². The highest BCUT2D eigenvalue weighted by atomic mass is 32.2. The van der Waals surface area contributed by atoms with Gasteiger partial charge in [-0.05, 0) is 29.8 Å². The van der Waals surface area contributed by atoms with E-state index in [-0.39, 0.29) is 21.8 Å². The monoisotopic (exact) mass is 517 g/mol. The summed E-state index contributed by atoms with van der Waals surface area (Å²) in [4.78, 5) is 43.3. The van der Waals surface area contributed by atoms with E-state index in [1.807, 2.05) is 30.3 Å². The molecule has 0 radical (unpaired) electrons. The second-order valence-electron chi connectivity index (χ2n) is 7.28. The molecule has 10 nitrogen and oxygen atoms in total. The summed E-state index contributed by atoms with van der Waals surface area (Å²) in [5.74, 6) is -1.93. The fraction of sp³-hybridized carbons (Fsp3) is 0.174. The molecule has 2 N–H and O–H groups in total. The first-order valence-electron chi connectivity index (χ1n) is 10.1. The zero-order chi connectivity index (χ0) is 25.6. The Morgan fingerprint density at radius 1 is 1.03 bits per heavy atom. The molecule has 35 heavy (non-hydrogen) atoms. The SMILES string of the molecule is CON(C)C(=O)c1cc(-c2ccccc2)sc1NC(=O)COC(=O)c1cccc(NS(C)(=O)=O)c1. The third-order valence-corrected chi connectivity index (χ3v) is 6.28. The number of hydroxylamine groups is 2. The van der Waals surface area contributed by atoms with E-state index >= 15 is 0 Å². The van der Waals surface area contributed by atoms with E-state index in [2.05, 4.69) is 10.0 Å². The fourth-order valence-electron chi connectivity index (χ4n) is 2.94. The van der Waals surface area contributed by atoms with Crippen LogP contribution >= 0.6 is 11.3 Å². The van der Waals surface area contributed by atoms with Crippen LogP contribution in [0.25, 0.3) is 10.4 Å². The van der Waals surface area contributed by atoms with Gasteiger partial charge in [-0.15, -0.1) is 11.3 Å². The van der Waals surface area contributed by atoms with Crippen LogP contribution in [0.2, 0.25) is 0 Å². The maximum atomic E-state index is 12.7. The number of thiophene rings is 1. The molecule has 0 fully saturated rings. The van der Waals surface area contributed by atoms with Gasteiger partial charge >= 0.3 is 5.97 Å². The van der Waals surface area contributed by atoms with Gasteiger partial charge in [0.2, 0.25) is 10.0 Å². The van der Waals surface area contributed by atoms with E-state index in [1.54, 1.807) is 6.07 Å². The van der Waals surface area contributed by atoms with Gasteiger partial charge in [-0.2, -0.15) is 0 Å². The smallest absolute Gasteiger partial charge is 0.338 e. The Hall–Kier alpha value is -3.74. The molecule has 0 atom stereocenters. The topological polar surface area (TPSA) is 131 Å². The molecule has 0 unspecified atom stereocenters. The average Bonchev–Trinajstić information content (AvgIpc) is 3.24. The number of sulfonamides is 1. The van der Waals surface area contributed by atoms with Gasteiger partial charge in [-0.3, -0.25) is 19.1 Å². The molecule has 3 aromatic rings. The molecule has 12 heteroatoms. The Balaban J connectivity index is 1.72. The molecule has 184 valence electrons. The third-order valence-electron chi connectivity index (χ3n) is 4.57. The zero-order valence-corrected chi connectivity index (χ0v) is 20.7. The fourth-order valence-corrected chi connectivity index (χ4v) is 4.57. The molecule has 0 saturated carbocycles. The summed E-state index contributed by atoms with van der Waals surface area (Å²) in [5, 5.41) is 3.93. The number of nitrogens with one attached hydrogen (secondary N) is 2. The van der Waals surface area contributed by atoms with Crippen LogP contribution in [-0.2, 0) is 24.4 Å². The minimum atomic E-state index is -3.52. The number of rotatable bonds is 9. The first kappa shape index (κ1) is 25.9. The largest absolute Gasteiger partial charge is 0.452 e. The van der Waals surface area contributed by atoms with Crippen molar-refractivity contribution >= 4 is 49.8 Å². The van der Waals surface area contributed by atoms with Crippen LogP contribution in [0.3, 0.4) is 0 Å². The zero-order valence-electron chi connectivity index (χ0n) is 19.1. The van der Waals surface area contributed by atoms with Crippen LogP contribution < -0.4 is 10.0 Å². The van der Waals surface area contributed by atoms with Crippen LogP contribution in [-0.4, -0.2) is 58.3 Å². The van der Waals surface area contributed by atoms with Crippen molar-refractivity contribution in [2.75, 3.05) is 37.1 Å². The van der Waals surface area contributed by atoms with Crippen LogP contribution in [0.1, 0.15) is 20.7 Å². The maximum absolute atomic E-state index is 12.7. The number of anilines is 2. The second kappa shape index (κ2) is 11.1. The molecule has 0 aliphatic heterocycles. The summed E-state index contributed by atoms with van der Waals surface area (Å²) < 4.78 is 30.1. The summed E-state index contributed by atoms with van der Waals surface area (Å²) in [7, 11) is -0.728. The number of carbonyl (C=O) groups is 3. The predicted octanol–water partition coefficient (Wildman–Crippen LogP) is 3.22. The molecule has 0 aliphatic rings. The molecule has 0 aliphatic carbocycles. The van der Waals surface area contributed by atoms with Crippen molar-refractivity contribution in [1.29, 1.82) is 0 Å². The average molecular weight is 518 g/mol. The number of hydrogen-bond donors (Lipinski definition) is 2. The minimum absolute atomic E-state index is 0.0616. The van der Waals surface area contributed by atoms with E-state index in [0.717, 1.165) is 21.8 Å². The summed E-state index contributed by atoms with van der Waals surface area (Å²) in [6.07, 6.45) is 0.986. The molecular formula is C23H23N3O7S2. The predicted molar refractivity (Wildman–Crippen MR) is 133 cm³/mol. The summed E-state index contributed by atoms with van der Waals surface area (Å²) >= 11 is 1.19. The van der Waals surface area contributed by atoms with Crippen LogP contribution in [0.4, 0.5) is 10.7 Å². The number of amides is 2. The van der Waals surface area contributed by atoms with Crippen molar-refractivity contribution < 1.29 is 32.4 Å². The quantitative estimate of drug-likeness (QED) is 0.329. The Bertz CT molecular complexity index is 1340. The van der Waals surface area contributed by atoms with Crippen molar-refractivity contribution in [3.05, 3.63) is 71.8 Å². The molecule has 0 bridgehead atoms. The highest BCUT2D eigenvalue weighted by molar-refractivity contribution is 7.92. The van der Waals surface area contributed by atoms with Crippen LogP contribution in [0.5, 0.6) is 0 Å². The first-order valence-corrected chi connectivity index (χ1v) is 12.8. The molecule has 2 amide bonds. The number of carbonyl (C=O) groups excluding carboxylic acids is 3. The van der Waals surface area contributed by atoms with Gasteiger partial charge in [-0.1, -0.05) is 36.4 Å². The van der Waals surface area contributed by atoms with Crippen molar-refractivity contribution in [2.24, 2.45) is 0 Å². The summed E-state index contributed by atoms with van der Waals surface area (Å²) in [6, 6.07) is 16.7. The van der Waals surface area contributed by atoms with Crippen LogP contribution in [0, 0.1) is 0 Å². The van der Waals surface area contributed by atoms with E-state index in [4.69, 9.17) is 9.57 Å². The van der Waals surface area contributed by atoms with Gasteiger partial charge in [0.15, 0.2) is 6.61 Å². The number of esters is 1. The molecular weight excluding hydrogens is 494 g/mol. The maximum Gasteiger partial charge on any atom is 0.338 e.